The van der Waals surface area contributed by atoms with Crippen molar-refractivity contribution in [1.29, 1.82) is 0 Å². The predicted octanol–water partition coefficient (Wildman–Crippen LogP) is 3.55. The molecule has 0 saturated carbocycles. The molecular formula is C17H17N3O2. The van der Waals surface area contributed by atoms with E-state index in [4.69, 9.17) is 15.0 Å². The number of anilines is 2. The van der Waals surface area contributed by atoms with Gasteiger partial charge in [-0.25, -0.2) is 0 Å². The summed E-state index contributed by atoms with van der Waals surface area (Å²) in [4.78, 5) is 0. The molecule has 2 aromatic carbocycles. The van der Waals surface area contributed by atoms with Gasteiger partial charge in [0.25, 0.3) is 0 Å². The largest absolute Gasteiger partial charge is 0.497 e. The Morgan fingerprint density at radius 2 is 1.68 bits per heavy atom. The van der Waals surface area contributed by atoms with Crippen LogP contribution in [0.1, 0.15) is 5.76 Å². The van der Waals surface area contributed by atoms with Gasteiger partial charge in [-0.2, -0.15) is 0 Å². The smallest absolute Gasteiger partial charge is 0.150 e. The van der Waals surface area contributed by atoms with E-state index in [0.29, 0.717) is 12.3 Å². The number of nitrogens with two attached hydrogens (primary N) is 1. The van der Waals surface area contributed by atoms with Crippen molar-refractivity contribution in [3.05, 3.63) is 60.4 Å². The maximum Gasteiger partial charge on any atom is 0.150 e. The number of benzene rings is 2. The van der Waals surface area contributed by atoms with Crippen molar-refractivity contribution in [2.45, 2.75) is 6.54 Å². The fourth-order valence-corrected chi connectivity index (χ4v) is 2.11. The van der Waals surface area contributed by atoms with Crippen molar-refractivity contribution in [3.8, 4) is 17.0 Å². The average molecular weight is 295 g/mol. The molecule has 0 saturated heterocycles. The van der Waals surface area contributed by atoms with Gasteiger partial charge in [0.1, 0.15) is 11.4 Å². The molecule has 0 atom stereocenters. The Hall–Kier alpha value is -2.79. The van der Waals surface area contributed by atoms with Crippen LogP contribution in [0.4, 0.5) is 11.4 Å². The molecule has 0 fully saturated rings. The number of hydrogen-bond donors (Lipinski definition) is 2. The van der Waals surface area contributed by atoms with Crippen molar-refractivity contribution in [1.82, 2.24) is 5.16 Å². The minimum atomic E-state index is 0.351. The molecule has 0 bridgehead atoms. The standard InChI is InChI=1S/C17H17N3O2/c1-21-15-8-6-14(7-9-15)19-13-4-2-12(3-5-13)17-10-16(11-18)22-20-17/h2-10,19H,11,18H2,1H3. The van der Waals surface area contributed by atoms with E-state index in [2.05, 4.69) is 10.5 Å². The zero-order valence-electron chi connectivity index (χ0n) is 12.2. The molecule has 5 heteroatoms. The Balaban J connectivity index is 1.73. The van der Waals surface area contributed by atoms with Crippen molar-refractivity contribution in [2.75, 3.05) is 12.4 Å². The van der Waals surface area contributed by atoms with Crippen LogP contribution in [-0.2, 0) is 6.54 Å². The minimum absolute atomic E-state index is 0.351. The minimum Gasteiger partial charge on any atom is -0.497 e. The van der Waals surface area contributed by atoms with E-state index in [1.807, 2.05) is 54.6 Å². The monoisotopic (exact) mass is 295 g/mol. The van der Waals surface area contributed by atoms with Crippen LogP contribution >= 0.6 is 0 Å². The molecule has 0 spiro atoms. The summed E-state index contributed by atoms with van der Waals surface area (Å²) in [6.45, 7) is 0.351. The van der Waals surface area contributed by atoms with Gasteiger partial charge in [-0.3, -0.25) is 0 Å². The molecule has 0 aliphatic rings. The summed E-state index contributed by atoms with van der Waals surface area (Å²) in [7, 11) is 1.65. The number of nitrogens with one attached hydrogen (secondary N) is 1. The topological polar surface area (TPSA) is 73.3 Å². The molecular weight excluding hydrogens is 278 g/mol. The SMILES string of the molecule is COc1ccc(Nc2ccc(-c3cc(CN)on3)cc2)cc1. The Morgan fingerprint density at radius 3 is 2.23 bits per heavy atom. The lowest BCUT2D eigenvalue weighted by Crippen LogP contribution is -1.92. The molecule has 1 heterocycles. The van der Waals surface area contributed by atoms with E-state index < -0.39 is 0 Å². The summed E-state index contributed by atoms with van der Waals surface area (Å²) < 4.78 is 10.3. The number of rotatable bonds is 5. The first-order valence-electron chi connectivity index (χ1n) is 6.95. The lowest BCUT2D eigenvalue weighted by Gasteiger charge is -2.07. The van der Waals surface area contributed by atoms with Gasteiger partial charge in [-0.1, -0.05) is 17.3 Å². The second-order valence-electron chi connectivity index (χ2n) is 4.81. The quantitative estimate of drug-likeness (QED) is 0.753. The van der Waals surface area contributed by atoms with E-state index in [0.717, 1.165) is 28.4 Å². The zero-order valence-corrected chi connectivity index (χ0v) is 12.2. The highest BCUT2D eigenvalue weighted by atomic mass is 16.5. The molecule has 3 N–H and O–H groups in total. The molecule has 1 aromatic heterocycles. The highest BCUT2D eigenvalue weighted by Gasteiger charge is 2.05. The van der Waals surface area contributed by atoms with Gasteiger partial charge in [0.15, 0.2) is 5.76 Å². The summed E-state index contributed by atoms with van der Waals surface area (Å²) in [5.74, 6) is 1.51. The highest BCUT2D eigenvalue weighted by Crippen LogP contribution is 2.24. The maximum absolute atomic E-state index is 5.52. The lowest BCUT2D eigenvalue weighted by atomic mass is 10.1. The Labute approximate surface area is 128 Å². The second-order valence-corrected chi connectivity index (χ2v) is 4.81. The first-order valence-corrected chi connectivity index (χ1v) is 6.95. The Bertz CT molecular complexity index is 733. The first kappa shape index (κ1) is 14.2. The van der Waals surface area contributed by atoms with Crippen LogP contribution in [0.3, 0.4) is 0 Å². The average Bonchev–Trinajstić information content (AvgIpc) is 3.05. The summed E-state index contributed by atoms with van der Waals surface area (Å²) in [6, 6.07) is 17.6. The molecule has 0 unspecified atom stereocenters. The van der Waals surface area contributed by atoms with Crippen molar-refractivity contribution >= 4 is 11.4 Å². The predicted molar refractivity (Wildman–Crippen MR) is 86.1 cm³/mol. The molecule has 112 valence electrons. The van der Waals surface area contributed by atoms with Gasteiger partial charge in [0, 0.05) is 23.0 Å². The van der Waals surface area contributed by atoms with Crippen LogP contribution < -0.4 is 15.8 Å². The fourth-order valence-electron chi connectivity index (χ4n) is 2.11. The van der Waals surface area contributed by atoms with Crippen LogP contribution in [-0.4, -0.2) is 12.3 Å². The molecule has 0 radical (unpaired) electrons. The number of hydrogen-bond acceptors (Lipinski definition) is 5. The third-order valence-corrected chi connectivity index (χ3v) is 3.32. The maximum atomic E-state index is 5.52. The summed E-state index contributed by atoms with van der Waals surface area (Å²) in [5, 5.41) is 7.33. The molecule has 0 aliphatic carbocycles. The van der Waals surface area contributed by atoms with Gasteiger partial charge in [-0.05, 0) is 36.4 Å². The molecule has 5 nitrogen and oxygen atoms in total. The molecule has 3 rings (SSSR count). The lowest BCUT2D eigenvalue weighted by molar-refractivity contribution is 0.387. The van der Waals surface area contributed by atoms with E-state index in [9.17, 15) is 0 Å². The molecule has 3 aromatic rings. The second kappa shape index (κ2) is 6.32. The Kier molecular flexibility index (Phi) is 4.07. The number of nitrogens with zero attached hydrogens (tertiary/aromatic N) is 1. The summed E-state index contributed by atoms with van der Waals surface area (Å²) >= 11 is 0. The third kappa shape index (κ3) is 3.10. The summed E-state index contributed by atoms with van der Waals surface area (Å²) in [5.41, 5.74) is 9.29. The van der Waals surface area contributed by atoms with Crippen molar-refractivity contribution in [2.24, 2.45) is 5.73 Å². The van der Waals surface area contributed by atoms with E-state index in [-0.39, 0.29) is 0 Å². The molecule has 0 aliphatic heterocycles. The van der Waals surface area contributed by atoms with E-state index in [1.165, 1.54) is 0 Å². The summed E-state index contributed by atoms with van der Waals surface area (Å²) in [6.07, 6.45) is 0. The fraction of sp³-hybridized carbons (Fsp3) is 0.118. The molecule has 22 heavy (non-hydrogen) atoms. The zero-order chi connectivity index (χ0) is 15.4. The number of ether oxygens (including phenoxy) is 1. The normalized spacial score (nSPS) is 10.5. The van der Waals surface area contributed by atoms with Crippen molar-refractivity contribution in [3.63, 3.8) is 0 Å². The van der Waals surface area contributed by atoms with Crippen LogP contribution in [0, 0.1) is 0 Å². The van der Waals surface area contributed by atoms with Crippen LogP contribution in [0.5, 0.6) is 5.75 Å². The number of aromatic nitrogens is 1. The Morgan fingerprint density at radius 1 is 1.05 bits per heavy atom. The van der Waals surface area contributed by atoms with Crippen molar-refractivity contribution < 1.29 is 9.26 Å². The molecule has 0 amide bonds. The van der Waals surface area contributed by atoms with Gasteiger partial charge in [-0.15, -0.1) is 0 Å². The van der Waals surface area contributed by atoms with E-state index in [1.54, 1.807) is 7.11 Å². The van der Waals surface area contributed by atoms with Crippen LogP contribution in [0.25, 0.3) is 11.3 Å². The van der Waals surface area contributed by atoms with Gasteiger partial charge < -0.3 is 20.3 Å². The van der Waals surface area contributed by atoms with Gasteiger partial charge >= 0.3 is 0 Å². The third-order valence-electron chi connectivity index (χ3n) is 3.32. The van der Waals surface area contributed by atoms with E-state index >= 15 is 0 Å². The van der Waals surface area contributed by atoms with Crippen LogP contribution in [0.15, 0.2) is 59.1 Å². The van der Waals surface area contributed by atoms with Gasteiger partial charge in [0.05, 0.1) is 13.7 Å². The van der Waals surface area contributed by atoms with Crippen LogP contribution in [0.2, 0.25) is 0 Å². The first-order chi connectivity index (χ1) is 10.8. The van der Waals surface area contributed by atoms with Gasteiger partial charge in [0.2, 0.25) is 0 Å². The highest BCUT2D eigenvalue weighted by molar-refractivity contribution is 5.66. The number of methoxy groups -OCH3 is 1.